The summed E-state index contributed by atoms with van der Waals surface area (Å²) in [6.07, 6.45) is 1.65. The van der Waals surface area contributed by atoms with Crippen LogP contribution in [0.4, 0.5) is 0 Å². The van der Waals surface area contributed by atoms with Gasteiger partial charge >= 0.3 is 0 Å². The molecule has 0 aliphatic carbocycles. The van der Waals surface area contributed by atoms with Crippen molar-refractivity contribution in [3.63, 3.8) is 0 Å². The van der Waals surface area contributed by atoms with Crippen molar-refractivity contribution in [2.24, 2.45) is 0 Å². The molecule has 0 fully saturated rings. The molecule has 7 nitrogen and oxygen atoms in total. The quantitative estimate of drug-likeness (QED) is 0.728. The lowest BCUT2D eigenvalue weighted by Crippen LogP contribution is -2.40. The number of hydrogen-bond acceptors (Lipinski definition) is 5. The van der Waals surface area contributed by atoms with Crippen LogP contribution < -0.4 is 0 Å². The third-order valence-electron chi connectivity index (χ3n) is 5.10. The average molecular weight is 378 g/mol. The third-order valence-corrected chi connectivity index (χ3v) is 5.10. The molecule has 2 aromatic carbocycles. The fraction of sp³-hybridized carbons (Fsp3) is 0.286. The zero-order valence-corrected chi connectivity index (χ0v) is 15.6. The molecule has 2 N–H and O–H groups in total. The molecule has 7 heteroatoms. The maximum Gasteiger partial charge on any atom is 0.261 e. The lowest BCUT2D eigenvalue weighted by atomic mass is 10.1. The van der Waals surface area contributed by atoms with E-state index in [0.29, 0.717) is 12.4 Å². The number of carbonyl (C=O) groups excluding carboxylic acids is 1. The second kappa shape index (κ2) is 7.34. The summed E-state index contributed by atoms with van der Waals surface area (Å²) in [7, 11) is 0. The van der Waals surface area contributed by atoms with Crippen LogP contribution in [0.25, 0.3) is 0 Å². The Morgan fingerprint density at radius 1 is 1.04 bits per heavy atom. The minimum atomic E-state index is -0.414. The largest absolute Gasteiger partial charge is 0.507 e. The molecule has 28 heavy (non-hydrogen) atoms. The van der Waals surface area contributed by atoms with Gasteiger partial charge in [-0.25, -0.2) is 0 Å². The molecular formula is C21H22N4O3. The van der Waals surface area contributed by atoms with Crippen molar-refractivity contribution >= 4 is 5.91 Å². The van der Waals surface area contributed by atoms with Crippen LogP contribution in [0.15, 0.2) is 48.5 Å². The van der Waals surface area contributed by atoms with Crippen molar-refractivity contribution in [2.75, 3.05) is 6.54 Å². The van der Waals surface area contributed by atoms with Gasteiger partial charge in [0.15, 0.2) is 5.82 Å². The number of aromatic nitrogens is 3. The van der Waals surface area contributed by atoms with Crippen LogP contribution in [0.2, 0.25) is 0 Å². The van der Waals surface area contributed by atoms with Crippen molar-refractivity contribution in [3.8, 4) is 11.5 Å². The number of nitrogens with zero attached hydrogens (tertiary/aromatic N) is 4. The molecule has 0 bridgehead atoms. The lowest BCUT2D eigenvalue weighted by Gasteiger charge is -2.33. The number of phenols is 2. The number of amides is 1. The van der Waals surface area contributed by atoms with E-state index >= 15 is 0 Å². The Balaban J connectivity index is 1.53. The third kappa shape index (κ3) is 3.31. The van der Waals surface area contributed by atoms with E-state index in [-0.39, 0.29) is 29.6 Å². The van der Waals surface area contributed by atoms with E-state index in [1.807, 2.05) is 25.1 Å². The monoisotopic (exact) mass is 378 g/mol. The molecule has 1 aromatic heterocycles. The molecule has 0 unspecified atom stereocenters. The first kappa shape index (κ1) is 18.0. The summed E-state index contributed by atoms with van der Waals surface area (Å²) < 4.78 is 2.09. The van der Waals surface area contributed by atoms with Crippen molar-refractivity contribution in [1.29, 1.82) is 0 Å². The predicted octanol–water partition coefficient (Wildman–Crippen LogP) is 2.69. The van der Waals surface area contributed by atoms with Crippen LogP contribution in [-0.2, 0) is 19.4 Å². The summed E-state index contributed by atoms with van der Waals surface area (Å²) in [6, 6.07) is 14.5. The summed E-state index contributed by atoms with van der Waals surface area (Å²) in [5, 5.41) is 28.6. The number of benzene rings is 2. The van der Waals surface area contributed by atoms with Crippen LogP contribution in [0.3, 0.4) is 0 Å². The average Bonchev–Trinajstić information content (AvgIpc) is 3.10. The summed E-state index contributed by atoms with van der Waals surface area (Å²) >= 11 is 0. The minimum absolute atomic E-state index is 0.00136. The molecule has 0 radical (unpaired) electrons. The van der Waals surface area contributed by atoms with Crippen LogP contribution in [0.1, 0.15) is 40.5 Å². The number of fused-ring (bicyclic) bond motifs is 1. The number of hydrogen-bond donors (Lipinski definition) is 2. The Morgan fingerprint density at radius 2 is 1.75 bits per heavy atom. The standard InChI is InChI=1S/C21H22N4O3/c1-14-12-24(21(28)20-16(26)8-5-9-17(20)27)13-19-23-22-18(25(14)19)11-10-15-6-3-2-4-7-15/h2-9,14,26-27H,10-13H2,1H3/t14-/m0/s1. The van der Waals surface area contributed by atoms with Gasteiger partial charge in [-0.3, -0.25) is 4.79 Å². The molecule has 0 saturated carbocycles. The van der Waals surface area contributed by atoms with Crippen LogP contribution in [-0.4, -0.2) is 42.3 Å². The fourth-order valence-corrected chi connectivity index (χ4v) is 3.74. The zero-order chi connectivity index (χ0) is 19.7. The van der Waals surface area contributed by atoms with Gasteiger partial charge in [0.2, 0.25) is 0 Å². The second-order valence-corrected chi connectivity index (χ2v) is 7.09. The Labute approximate surface area is 162 Å². The van der Waals surface area contributed by atoms with Gasteiger partial charge in [0, 0.05) is 13.0 Å². The first-order valence-corrected chi connectivity index (χ1v) is 9.31. The van der Waals surface area contributed by atoms with Gasteiger partial charge in [-0.05, 0) is 31.0 Å². The Hall–Kier alpha value is -3.35. The summed E-state index contributed by atoms with van der Waals surface area (Å²) in [6.45, 7) is 2.76. The highest BCUT2D eigenvalue weighted by Crippen LogP contribution is 2.30. The van der Waals surface area contributed by atoms with Gasteiger partial charge in [-0.15, -0.1) is 10.2 Å². The topological polar surface area (TPSA) is 91.5 Å². The maximum absolute atomic E-state index is 12.9. The van der Waals surface area contributed by atoms with E-state index < -0.39 is 5.91 Å². The number of aromatic hydroxyl groups is 2. The minimum Gasteiger partial charge on any atom is -0.507 e. The van der Waals surface area contributed by atoms with Crippen molar-refractivity contribution in [3.05, 3.63) is 71.3 Å². The van der Waals surface area contributed by atoms with E-state index in [1.54, 1.807) is 4.90 Å². The Bertz CT molecular complexity index is 980. The fourth-order valence-electron chi connectivity index (χ4n) is 3.74. The molecule has 144 valence electrons. The van der Waals surface area contributed by atoms with Crippen LogP contribution >= 0.6 is 0 Å². The Kier molecular flexibility index (Phi) is 4.73. The molecule has 1 amide bonds. The SMILES string of the molecule is C[C@H]1CN(C(=O)c2c(O)cccc2O)Cc2nnc(CCc3ccccc3)n21. The highest BCUT2D eigenvalue weighted by Gasteiger charge is 2.31. The number of carbonyl (C=O) groups is 1. The molecular weight excluding hydrogens is 356 g/mol. The van der Waals surface area contributed by atoms with E-state index in [1.165, 1.54) is 23.8 Å². The number of aryl methyl sites for hydroxylation is 2. The van der Waals surface area contributed by atoms with E-state index in [4.69, 9.17) is 0 Å². The number of phenolic OH excluding ortho intramolecular Hbond substituents is 2. The second-order valence-electron chi connectivity index (χ2n) is 7.09. The van der Waals surface area contributed by atoms with Crippen molar-refractivity contribution in [2.45, 2.75) is 32.4 Å². The lowest BCUT2D eigenvalue weighted by molar-refractivity contribution is 0.0673. The van der Waals surface area contributed by atoms with E-state index in [9.17, 15) is 15.0 Å². The molecule has 1 aliphatic rings. The van der Waals surface area contributed by atoms with E-state index in [0.717, 1.165) is 18.7 Å². The first-order chi connectivity index (χ1) is 13.5. The highest BCUT2D eigenvalue weighted by molar-refractivity contribution is 5.99. The van der Waals surface area contributed by atoms with Crippen LogP contribution in [0.5, 0.6) is 11.5 Å². The molecule has 0 saturated heterocycles. The Morgan fingerprint density at radius 3 is 2.46 bits per heavy atom. The van der Waals surface area contributed by atoms with Gasteiger partial charge in [0.05, 0.1) is 12.6 Å². The molecule has 1 aliphatic heterocycles. The van der Waals surface area contributed by atoms with Gasteiger partial charge in [0.1, 0.15) is 22.9 Å². The smallest absolute Gasteiger partial charge is 0.261 e. The van der Waals surface area contributed by atoms with Gasteiger partial charge in [0.25, 0.3) is 5.91 Å². The normalized spacial score (nSPS) is 16.0. The first-order valence-electron chi connectivity index (χ1n) is 9.31. The summed E-state index contributed by atoms with van der Waals surface area (Å²) in [5.74, 6) is 0.748. The van der Waals surface area contributed by atoms with Crippen LogP contribution in [0, 0.1) is 0 Å². The number of rotatable bonds is 4. The molecule has 2 heterocycles. The molecule has 0 spiro atoms. The van der Waals surface area contributed by atoms with Gasteiger partial charge in [-0.2, -0.15) is 0 Å². The zero-order valence-electron chi connectivity index (χ0n) is 15.6. The van der Waals surface area contributed by atoms with E-state index in [2.05, 4.69) is 26.9 Å². The molecule has 4 rings (SSSR count). The predicted molar refractivity (Wildman–Crippen MR) is 103 cm³/mol. The van der Waals surface area contributed by atoms with Crippen molar-refractivity contribution in [1.82, 2.24) is 19.7 Å². The molecule has 3 aromatic rings. The highest BCUT2D eigenvalue weighted by atomic mass is 16.3. The maximum atomic E-state index is 12.9. The summed E-state index contributed by atoms with van der Waals surface area (Å²) in [5.41, 5.74) is 1.17. The molecule has 1 atom stereocenters. The van der Waals surface area contributed by atoms with Gasteiger partial charge < -0.3 is 19.7 Å². The van der Waals surface area contributed by atoms with Gasteiger partial charge in [-0.1, -0.05) is 36.4 Å². The summed E-state index contributed by atoms with van der Waals surface area (Å²) in [4.78, 5) is 14.5. The van der Waals surface area contributed by atoms with Crippen molar-refractivity contribution < 1.29 is 15.0 Å².